The number of fused-ring (bicyclic) bond motifs is 1. The summed E-state index contributed by atoms with van der Waals surface area (Å²) in [6, 6.07) is 12.4. The Morgan fingerprint density at radius 3 is 2.67 bits per heavy atom. The summed E-state index contributed by atoms with van der Waals surface area (Å²) < 4.78 is 1.84. The molecule has 4 rings (SSSR count). The molecule has 0 unspecified atom stereocenters. The molecule has 154 valence electrons. The van der Waals surface area contributed by atoms with Gasteiger partial charge < -0.3 is 5.32 Å². The van der Waals surface area contributed by atoms with E-state index in [1.165, 1.54) is 12.8 Å². The van der Waals surface area contributed by atoms with Crippen LogP contribution in [0.3, 0.4) is 0 Å². The maximum absolute atomic E-state index is 13.1. The summed E-state index contributed by atoms with van der Waals surface area (Å²) in [5, 5.41) is 7.18. The van der Waals surface area contributed by atoms with Crippen LogP contribution in [0.5, 0.6) is 0 Å². The smallest absolute Gasteiger partial charge is 0.261 e. The fourth-order valence-electron chi connectivity index (χ4n) is 4.29. The molecule has 1 heterocycles. The van der Waals surface area contributed by atoms with Crippen molar-refractivity contribution in [2.75, 3.05) is 7.05 Å². The zero-order valence-corrected chi connectivity index (χ0v) is 17.5. The van der Waals surface area contributed by atoms with Crippen molar-refractivity contribution in [2.24, 2.45) is 5.11 Å². The van der Waals surface area contributed by atoms with Crippen LogP contribution in [0.15, 0.2) is 58.8 Å². The van der Waals surface area contributed by atoms with Crippen molar-refractivity contribution < 1.29 is 0 Å². The van der Waals surface area contributed by atoms with Crippen LogP contribution in [-0.2, 0) is 6.42 Å². The lowest BCUT2D eigenvalue weighted by Crippen LogP contribution is -2.24. The molecule has 0 amide bonds. The molecular formula is C24H27N5O. The molecule has 0 radical (unpaired) electrons. The van der Waals surface area contributed by atoms with Crippen LogP contribution in [0.25, 0.3) is 16.6 Å². The van der Waals surface area contributed by atoms with Crippen molar-refractivity contribution in [3.8, 4) is 0 Å². The number of hydrogen-bond donors (Lipinski definition) is 2. The van der Waals surface area contributed by atoms with Gasteiger partial charge in [-0.3, -0.25) is 9.36 Å². The summed E-state index contributed by atoms with van der Waals surface area (Å²) in [6.45, 7) is 2.07. The van der Waals surface area contributed by atoms with E-state index in [0.717, 1.165) is 47.0 Å². The Bertz CT molecular complexity index is 1150. The molecule has 0 atom stereocenters. The predicted molar refractivity (Wildman–Crippen MR) is 120 cm³/mol. The van der Waals surface area contributed by atoms with Crippen LogP contribution < -0.4 is 10.9 Å². The molecule has 1 fully saturated rings. The second-order valence-electron chi connectivity index (χ2n) is 7.99. The minimum absolute atomic E-state index is 0.0717. The van der Waals surface area contributed by atoms with Crippen molar-refractivity contribution in [1.82, 2.24) is 14.9 Å². The van der Waals surface area contributed by atoms with E-state index in [4.69, 9.17) is 5.53 Å². The fourth-order valence-corrected chi connectivity index (χ4v) is 4.29. The molecule has 30 heavy (non-hydrogen) atoms. The summed E-state index contributed by atoms with van der Waals surface area (Å²) in [4.78, 5) is 17.7. The van der Waals surface area contributed by atoms with Gasteiger partial charge >= 0.3 is 0 Å². The van der Waals surface area contributed by atoms with E-state index in [1.54, 1.807) is 19.6 Å². The van der Waals surface area contributed by atoms with Gasteiger partial charge in [0.25, 0.3) is 5.56 Å². The lowest BCUT2D eigenvalue weighted by atomic mass is 9.97. The Hall–Kier alpha value is -3.28. The monoisotopic (exact) mass is 401 g/mol. The normalized spacial score (nSPS) is 14.9. The average Bonchev–Trinajstić information content (AvgIpc) is 3.28. The van der Waals surface area contributed by atoms with E-state index >= 15 is 0 Å². The van der Waals surface area contributed by atoms with Gasteiger partial charge in [0.15, 0.2) is 0 Å². The summed E-state index contributed by atoms with van der Waals surface area (Å²) in [5.41, 5.74) is 13.1. The number of aromatic nitrogens is 2. The Balaban J connectivity index is 1.66. The minimum Gasteiger partial charge on any atom is -0.392 e. The largest absolute Gasteiger partial charge is 0.392 e. The maximum Gasteiger partial charge on any atom is 0.261 e. The molecule has 3 aromatic rings. The quantitative estimate of drug-likeness (QED) is 0.573. The molecule has 1 aliphatic rings. The van der Waals surface area contributed by atoms with Crippen LogP contribution in [0, 0.1) is 12.5 Å². The van der Waals surface area contributed by atoms with Crippen LogP contribution >= 0.6 is 0 Å². The van der Waals surface area contributed by atoms with Gasteiger partial charge in [-0.25, -0.2) is 10.5 Å². The molecule has 0 saturated heterocycles. The molecule has 0 bridgehead atoms. The lowest BCUT2D eigenvalue weighted by Gasteiger charge is -2.14. The average molecular weight is 402 g/mol. The Labute approximate surface area is 176 Å². The second-order valence-corrected chi connectivity index (χ2v) is 7.99. The number of hydrogen-bond acceptors (Lipinski definition) is 5. The third-order valence-electron chi connectivity index (χ3n) is 6.00. The van der Waals surface area contributed by atoms with Gasteiger partial charge in [-0.05, 0) is 55.0 Å². The van der Waals surface area contributed by atoms with Gasteiger partial charge in [-0.1, -0.05) is 37.1 Å². The number of aryl methyl sites for hydroxylation is 1. The first-order chi connectivity index (χ1) is 14.6. The van der Waals surface area contributed by atoms with E-state index in [2.05, 4.69) is 22.3 Å². The zero-order chi connectivity index (χ0) is 21.1. The van der Waals surface area contributed by atoms with E-state index in [1.807, 2.05) is 41.0 Å². The number of nitrogens with zero attached hydrogens (tertiary/aromatic N) is 3. The third-order valence-corrected chi connectivity index (χ3v) is 6.00. The minimum atomic E-state index is 0.0717. The molecule has 1 saturated carbocycles. The van der Waals surface area contributed by atoms with Crippen LogP contribution in [0.4, 0.5) is 0 Å². The molecular weight excluding hydrogens is 374 g/mol. The standard InChI is InChI=1S/C24H27N5O/c1-16-11-22-21(24(30)29(15-27-22)20-5-3-4-6-20)13-19(16)12-17-7-9-18(10-8-17)23(28-25)14-26-2/h7-11,13-15,20,25-26H,3-6,12H2,1-2H3/b23-14-,28-25?. The summed E-state index contributed by atoms with van der Waals surface area (Å²) in [5.74, 6) is 0. The highest BCUT2D eigenvalue weighted by Crippen LogP contribution is 2.28. The first-order valence-electron chi connectivity index (χ1n) is 10.5. The molecule has 2 N–H and O–H groups in total. The van der Waals surface area contributed by atoms with E-state index in [-0.39, 0.29) is 11.6 Å². The number of nitrogens with one attached hydrogen (secondary N) is 2. The van der Waals surface area contributed by atoms with Crippen molar-refractivity contribution in [2.45, 2.75) is 45.1 Å². The first-order valence-corrected chi connectivity index (χ1v) is 10.5. The van der Waals surface area contributed by atoms with E-state index < -0.39 is 0 Å². The van der Waals surface area contributed by atoms with Gasteiger partial charge in [0.2, 0.25) is 0 Å². The SMILES string of the molecule is CN/C=C(\N=N)c1ccc(Cc2cc3c(=O)n(C4CCCC4)cnc3cc2C)cc1. The topological polar surface area (TPSA) is 83.1 Å². The van der Waals surface area contributed by atoms with Crippen LogP contribution in [0.2, 0.25) is 0 Å². The van der Waals surface area contributed by atoms with Crippen molar-refractivity contribution >= 4 is 16.6 Å². The van der Waals surface area contributed by atoms with Crippen molar-refractivity contribution in [1.29, 1.82) is 5.53 Å². The summed E-state index contributed by atoms with van der Waals surface area (Å²) >= 11 is 0. The highest BCUT2D eigenvalue weighted by Gasteiger charge is 2.19. The van der Waals surface area contributed by atoms with Crippen molar-refractivity contribution in [3.63, 3.8) is 0 Å². The molecule has 1 aromatic heterocycles. The van der Waals surface area contributed by atoms with Gasteiger partial charge in [0.1, 0.15) is 5.70 Å². The third kappa shape index (κ3) is 3.90. The first kappa shape index (κ1) is 20.0. The van der Waals surface area contributed by atoms with Gasteiger partial charge in [-0.15, -0.1) is 0 Å². The van der Waals surface area contributed by atoms with E-state index in [0.29, 0.717) is 11.1 Å². The van der Waals surface area contributed by atoms with Crippen LogP contribution in [-0.4, -0.2) is 16.6 Å². The zero-order valence-electron chi connectivity index (χ0n) is 17.5. The van der Waals surface area contributed by atoms with Crippen molar-refractivity contribution in [3.05, 3.63) is 81.5 Å². The van der Waals surface area contributed by atoms with E-state index in [9.17, 15) is 4.79 Å². The Kier molecular flexibility index (Phi) is 5.74. The molecule has 0 spiro atoms. The van der Waals surface area contributed by atoms with Gasteiger partial charge in [0.05, 0.1) is 17.2 Å². The highest BCUT2D eigenvalue weighted by atomic mass is 16.1. The summed E-state index contributed by atoms with van der Waals surface area (Å²) in [6.07, 6.45) is 8.67. The Morgan fingerprint density at radius 1 is 1.27 bits per heavy atom. The fraction of sp³-hybridized carbons (Fsp3) is 0.333. The van der Waals surface area contributed by atoms with Gasteiger partial charge in [-0.2, -0.15) is 5.11 Å². The van der Waals surface area contributed by atoms with Crippen LogP contribution in [0.1, 0.15) is 54.0 Å². The maximum atomic E-state index is 13.1. The van der Waals surface area contributed by atoms with Gasteiger partial charge in [0, 0.05) is 24.9 Å². The summed E-state index contributed by atoms with van der Waals surface area (Å²) in [7, 11) is 1.79. The number of benzene rings is 2. The second kappa shape index (κ2) is 8.61. The molecule has 6 nitrogen and oxygen atoms in total. The Morgan fingerprint density at radius 2 is 2.00 bits per heavy atom. The predicted octanol–water partition coefficient (Wildman–Crippen LogP) is 4.96. The molecule has 1 aliphatic carbocycles. The highest BCUT2D eigenvalue weighted by molar-refractivity contribution is 5.79. The lowest BCUT2D eigenvalue weighted by molar-refractivity contribution is 0.499. The molecule has 6 heteroatoms. The number of rotatable bonds is 6. The molecule has 2 aromatic carbocycles. The molecule has 0 aliphatic heterocycles.